The fourth-order valence-electron chi connectivity index (χ4n) is 9.54. The fraction of sp³-hybridized carbons (Fsp3) is 0.196. The Morgan fingerprint density at radius 1 is 0.836 bits per heavy atom. The highest BCUT2D eigenvalue weighted by Gasteiger charge is 2.75. The topological polar surface area (TPSA) is 167 Å². The summed E-state index contributed by atoms with van der Waals surface area (Å²) in [6.07, 6.45) is -1.08. The summed E-state index contributed by atoms with van der Waals surface area (Å²) < 4.78 is 16.2. The second kappa shape index (κ2) is 16.3. The van der Waals surface area contributed by atoms with Crippen molar-refractivity contribution >= 4 is 101 Å². The summed E-state index contributed by atoms with van der Waals surface area (Å²) in [5.74, 6) is -6.32. The third kappa shape index (κ3) is 6.99. The molecule has 2 saturated heterocycles. The number of carboxylic acids is 1. The molecule has 1 aromatic heterocycles. The number of nitrogens with one attached hydrogen (secondary N) is 1. The smallest absolute Gasteiger partial charge is 0.336 e. The molecule has 5 aromatic rings. The number of aryl methyl sites for hydroxylation is 1. The quantitative estimate of drug-likeness (QED) is 0.0652. The van der Waals surface area contributed by atoms with E-state index in [9.17, 15) is 33.9 Å². The number of thiophene rings is 1. The highest BCUT2D eigenvalue weighted by Crippen LogP contribution is 2.59. The van der Waals surface area contributed by atoms with Crippen LogP contribution in [0.5, 0.6) is 0 Å². The number of halogens is 2. The lowest BCUT2D eigenvalue weighted by molar-refractivity contribution is -0.127. The van der Waals surface area contributed by atoms with Crippen molar-refractivity contribution in [2.45, 2.75) is 25.2 Å². The van der Waals surface area contributed by atoms with Gasteiger partial charge in [0.25, 0.3) is 5.91 Å². The molecule has 0 radical (unpaired) electrons. The molecule has 0 bridgehead atoms. The number of hydrogen-bond donors (Lipinski definition) is 2. The molecule has 2 unspecified atom stereocenters. The van der Waals surface area contributed by atoms with E-state index in [4.69, 9.17) is 9.15 Å². The number of fused-ring (bicyclic) bond motifs is 5. The second-order valence-corrected chi connectivity index (χ2v) is 20.2. The second-order valence-electron chi connectivity index (χ2n) is 17.3. The van der Waals surface area contributed by atoms with E-state index >= 15 is 0 Å². The van der Waals surface area contributed by atoms with Crippen LogP contribution in [0.4, 0.5) is 11.4 Å². The van der Waals surface area contributed by atoms with E-state index in [0.717, 1.165) is 36.6 Å². The van der Waals surface area contributed by atoms with Gasteiger partial charge in [-0.05, 0) is 116 Å². The maximum Gasteiger partial charge on any atom is 0.336 e. The molecule has 4 aromatic carbocycles. The molecule has 2 N–H and O–H groups in total. The van der Waals surface area contributed by atoms with E-state index in [1.807, 2.05) is 74.1 Å². The Balaban J connectivity index is 0.923. The van der Waals surface area contributed by atoms with Gasteiger partial charge in [0.15, 0.2) is 0 Å². The summed E-state index contributed by atoms with van der Waals surface area (Å²) in [6.45, 7) is 1.81. The zero-order valence-corrected chi connectivity index (χ0v) is 40.5. The highest BCUT2D eigenvalue weighted by molar-refractivity contribution is 9.13. The lowest BCUT2D eigenvalue weighted by Gasteiger charge is -2.27. The number of rotatable bonds is 8. The first kappa shape index (κ1) is 44.3. The molecule has 5 aliphatic rings. The first-order chi connectivity index (χ1) is 32.0. The first-order valence-electron chi connectivity index (χ1n) is 21.1. The third-order valence-electron chi connectivity index (χ3n) is 12.8. The number of carbonyl (C=O) groups excluding carboxylic acids is 5. The summed E-state index contributed by atoms with van der Waals surface area (Å²) >= 11 is 8.12. The standard InChI is InChI=1S/C51H38Br2N4O9S/c1-24-18-35-44(67-24)46(59)51(45(35)58)42-41(43(66-51)26-9-17-36(52)37(53)20-26)48(61)57(49(42)62)28-10-6-25(7-11-28)23-54-47(60)27-8-14-31(34(19-27)50(63)64)40-32-15-12-29(55(2)3)21-38(32)65-39-22-30(56(4)5)13-16-33(39)40/h6-22,41-43H,23H2,1-5H3,(H-,54,60,63,64)/p+1/t41-,42?,43-,51?/m0/s1. The molecule has 4 heterocycles. The number of amides is 3. The molecule has 0 saturated carbocycles. The van der Waals surface area contributed by atoms with Gasteiger partial charge in [-0.15, -0.1) is 11.3 Å². The van der Waals surface area contributed by atoms with Crippen LogP contribution in [0.25, 0.3) is 33.4 Å². The third-order valence-corrected chi connectivity index (χ3v) is 15.8. The van der Waals surface area contributed by atoms with E-state index in [-0.39, 0.29) is 33.8 Å². The van der Waals surface area contributed by atoms with Gasteiger partial charge in [-0.2, -0.15) is 0 Å². The van der Waals surface area contributed by atoms with Crippen LogP contribution in [-0.2, 0) is 20.9 Å². The number of nitrogens with zero attached hydrogens (tertiary/aromatic N) is 3. The minimum absolute atomic E-state index is 0.0244. The zero-order valence-electron chi connectivity index (χ0n) is 36.5. The SMILES string of the molecule is Cc1cc2c(s1)C(=O)C1(O[C@@H](c3ccc(Br)c(Br)c3)[C@H]3C(=O)N(c4ccc(CNC(=O)c5ccc(-c6c7ccc(=[N+](C)C)cc-7oc7cc(N(C)C)ccc67)c(C(=O)O)c5)cc4)C(=O)C31)C2=O. The lowest BCUT2D eigenvalue weighted by Crippen LogP contribution is -2.51. The van der Waals surface area contributed by atoms with Gasteiger partial charge in [0, 0.05) is 79.9 Å². The van der Waals surface area contributed by atoms with Crippen molar-refractivity contribution in [3.8, 4) is 22.5 Å². The molecule has 2 fully saturated rings. The van der Waals surface area contributed by atoms with Crippen molar-refractivity contribution in [2.75, 3.05) is 38.0 Å². The van der Waals surface area contributed by atoms with Gasteiger partial charge in [-0.3, -0.25) is 24.0 Å². The average Bonchev–Trinajstić information content (AvgIpc) is 4.01. The molecule has 1 spiro atoms. The van der Waals surface area contributed by atoms with Crippen molar-refractivity contribution in [1.82, 2.24) is 9.89 Å². The number of ketones is 2. The van der Waals surface area contributed by atoms with E-state index in [0.29, 0.717) is 49.0 Å². The molecule has 336 valence electrons. The number of carboxylic acid groups (broad SMARTS) is 1. The van der Waals surface area contributed by atoms with Gasteiger partial charge < -0.3 is 24.5 Å². The monoisotopic (exact) mass is 1040 g/mol. The van der Waals surface area contributed by atoms with Crippen molar-refractivity contribution < 1.29 is 43.0 Å². The van der Waals surface area contributed by atoms with E-state index in [2.05, 4.69) is 37.2 Å². The Bertz CT molecular complexity index is 3360. The Kier molecular flexibility index (Phi) is 10.8. The number of Topliss-reactive ketones (excluding diaryl/α,β-unsaturated/α-hetero) is 2. The number of benzene rings is 5. The molecular formula is C51H39Br2N4O9S+. The van der Waals surface area contributed by atoms with Gasteiger partial charge in [0.1, 0.15) is 25.4 Å². The summed E-state index contributed by atoms with van der Waals surface area (Å²) in [4.78, 5) is 88.1. The van der Waals surface area contributed by atoms with Crippen LogP contribution in [0.3, 0.4) is 0 Å². The fourth-order valence-corrected chi connectivity index (χ4v) is 11.2. The first-order valence-corrected chi connectivity index (χ1v) is 23.5. The largest absolute Gasteiger partial charge is 0.478 e. The Morgan fingerprint density at radius 3 is 2.27 bits per heavy atom. The Hall–Kier alpha value is -6.59. The number of ether oxygens (including phenoxy) is 1. The zero-order chi connectivity index (χ0) is 47.4. The van der Waals surface area contributed by atoms with Gasteiger partial charge in [-0.1, -0.05) is 24.3 Å². The number of hydrogen-bond acceptors (Lipinski definition) is 10. The molecule has 3 aliphatic heterocycles. The van der Waals surface area contributed by atoms with Crippen LogP contribution in [0.15, 0.2) is 116 Å². The van der Waals surface area contributed by atoms with Crippen molar-refractivity contribution in [3.05, 3.63) is 155 Å². The van der Waals surface area contributed by atoms with Gasteiger partial charge >= 0.3 is 5.97 Å². The predicted octanol–water partition coefficient (Wildman–Crippen LogP) is 8.52. The maximum atomic E-state index is 14.5. The van der Waals surface area contributed by atoms with E-state index < -0.39 is 58.8 Å². The molecule has 16 heteroatoms. The van der Waals surface area contributed by atoms with Gasteiger partial charge in [0.2, 0.25) is 34.3 Å². The van der Waals surface area contributed by atoms with Crippen molar-refractivity contribution in [2.24, 2.45) is 11.8 Å². The summed E-state index contributed by atoms with van der Waals surface area (Å²) in [7, 11) is 7.70. The van der Waals surface area contributed by atoms with Crippen LogP contribution in [0, 0.1) is 18.8 Å². The van der Waals surface area contributed by atoms with Crippen LogP contribution in [0.1, 0.15) is 62.9 Å². The molecule has 3 amide bonds. The number of anilines is 2. The summed E-state index contributed by atoms with van der Waals surface area (Å²) in [5.41, 5.74) is 2.65. The molecular weight excluding hydrogens is 1000 g/mol. The van der Waals surface area contributed by atoms with Crippen LogP contribution in [0.2, 0.25) is 0 Å². The molecule has 10 rings (SSSR count). The van der Waals surface area contributed by atoms with E-state index in [1.165, 1.54) is 6.07 Å². The van der Waals surface area contributed by atoms with Crippen molar-refractivity contribution in [3.63, 3.8) is 0 Å². The predicted molar refractivity (Wildman–Crippen MR) is 260 cm³/mol. The maximum absolute atomic E-state index is 14.5. The van der Waals surface area contributed by atoms with E-state index in [1.54, 1.807) is 67.6 Å². The summed E-state index contributed by atoms with van der Waals surface area (Å²) in [6, 6.07) is 29.4. The number of imide groups is 1. The van der Waals surface area contributed by atoms with Crippen LogP contribution >= 0.6 is 43.2 Å². The lowest BCUT2D eigenvalue weighted by atomic mass is 9.77. The minimum Gasteiger partial charge on any atom is -0.478 e. The molecule has 67 heavy (non-hydrogen) atoms. The highest BCUT2D eigenvalue weighted by atomic mass is 79.9. The molecule has 4 atom stereocenters. The van der Waals surface area contributed by atoms with Crippen molar-refractivity contribution in [1.29, 1.82) is 0 Å². The number of carbonyl (C=O) groups is 6. The average molecular weight is 1040 g/mol. The van der Waals surface area contributed by atoms with Gasteiger partial charge in [0.05, 0.1) is 40.1 Å². The Morgan fingerprint density at radius 2 is 1.58 bits per heavy atom. The molecule has 13 nitrogen and oxygen atoms in total. The minimum atomic E-state index is -2.20. The summed E-state index contributed by atoms with van der Waals surface area (Å²) in [5, 5.41) is 15.0. The van der Waals surface area contributed by atoms with Crippen LogP contribution in [-0.4, -0.2) is 74.2 Å². The van der Waals surface area contributed by atoms with Crippen LogP contribution < -0.4 is 25.0 Å². The van der Waals surface area contributed by atoms with Gasteiger partial charge in [-0.25, -0.2) is 14.3 Å². The number of aromatic carboxylic acids is 1. The Labute approximate surface area is 403 Å². The molecule has 2 aliphatic carbocycles. The normalized spacial score (nSPS) is 19.7.